The highest BCUT2D eigenvalue weighted by Gasteiger charge is 2.40. The molecule has 0 bridgehead atoms. The fourth-order valence-electron chi connectivity index (χ4n) is 4.51. The third-order valence-corrected chi connectivity index (χ3v) is 6.10. The SMILES string of the molecule is C[C@H](N)C(=O)N(C(=O)[C@@H]1CCCN1Cc1ccc(C(=N)N)cc1)C1CCCCC1. The van der Waals surface area contributed by atoms with Crippen LogP contribution >= 0.6 is 0 Å². The number of nitrogen functional groups attached to an aromatic ring is 1. The summed E-state index contributed by atoms with van der Waals surface area (Å²) in [7, 11) is 0. The maximum absolute atomic E-state index is 13.5. The van der Waals surface area contributed by atoms with Crippen LogP contribution in [0.5, 0.6) is 0 Å². The van der Waals surface area contributed by atoms with Crippen molar-refractivity contribution in [1.82, 2.24) is 9.80 Å². The summed E-state index contributed by atoms with van der Waals surface area (Å²) in [4.78, 5) is 30.0. The second kappa shape index (κ2) is 9.50. The summed E-state index contributed by atoms with van der Waals surface area (Å²) in [6, 6.07) is 6.58. The van der Waals surface area contributed by atoms with Crippen molar-refractivity contribution in [2.75, 3.05) is 6.54 Å². The molecule has 1 aliphatic heterocycles. The molecular weight excluding hydrogens is 366 g/mol. The van der Waals surface area contributed by atoms with E-state index >= 15 is 0 Å². The minimum Gasteiger partial charge on any atom is -0.384 e. The number of nitrogens with two attached hydrogens (primary N) is 2. The summed E-state index contributed by atoms with van der Waals surface area (Å²) in [5, 5.41) is 7.51. The lowest BCUT2D eigenvalue weighted by Crippen LogP contribution is -2.56. The van der Waals surface area contributed by atoms with Crippen LogP contribution in [0.15, 0.2) is 24.3 Å². The topological polar surface area (TPSA) is 117 Å². The van der Waals surface area contributed by atoms with E-state index in [-0.39, 0.29) is 29.7 Å². The molecule has 2 aliphatic rings. The van der Waals surface area contributed by atoms with Gasteiger partial charge in [0.05, 0.1) is 12.1 Å². The first-order chi connectivity index (χ1) is 13.9. The lowest BCUT2D eigenvalue weighted by molar-refractivity contribution is -0.152. The number of hydrogen-bond acceptors (Lipinski definition) is 5. The van der Waals surface area contributed by atoms with E-state index in [0.717, 1.165) is 57.1 Å². The van der Waals surface area contributed by atoms with Gasteiger partial charge in [-0.1, -0.05) is 43.5 Å². The fraction of sp³-hybridized carbons (Fsp3) is 0.591. The van der Waals surface area contributed by atoms with E-state index < -0.39 is 6.04 Å². The molecule has 2 fully saturated rings. The largest absolute Gasteiger partial charge is 0.384 e. The van der Waals surface area contributed by atoms with Crippen molar-refractivity contribution in [3.63, 3.8) is 0 Å². The van der Waals surface area contributed by atoms with Crippen LogP contribution in [0.4, 0.5) is 0 Å². The molecule has 2 atom stereocenters. The molecule has 3 rings (SSSR count). The Morgan fingerprint density at radius 2 is 1.79 bits per heavy atom. The molecule has 1 aromatic carbocycles. The number of amides is 2. The summed E-state index contributed by atoms with van der Waals surface area (Å²) < 4.78 is 0. The molecule has 1 aromatic rings. The molecule has 1 aliphatic carbocycles. The number of likely N-dealkylation sites (tertiary alicyclic amines) is 1. The van der Waals surface area contributed by atoms with Gasteiger partial charge in [-0.2, -0.15) is 0 Å². The average molecular weight is 400 g/mol. The van der Waals surface area contributed by atoms with Gasteiger partial charge in [-0.3, -0.25) is 24.8 Å². The van der Waals surface area contributed by atoms with Crippen LogP contribution in [0.1, 0.15) is 63.0 Å². The van der Waals surface area contributed by atoms with Crippen LogP contribution in [-0.4, -0.2) is 52.1 Å². The van der Waals surface area contributed by atoms with Crippen LogP contribution in [-0.2, 0) is 16.1 Å². The lowest BCUT2D eigenvalue weighted by Gasteiger charge is -2.37. The smallest absolute Gasteiger partial charge is 0.246 e. The molecule has 0 aromatic heterocycles. The Hall–Kier alpha value is -2.25. The number of carbonyl (C=O) groups is 2. The third kappa shape index (κ3) is 5.03. The van der Waals surface area contributed by atoms with Crippen molar-refractivity contribution in [3.8, 4) is 0 Å². The molecule has 7 nitrogen and oxygen atoms in total. The van der Waals surface area contributed by atoms with Gasteiger partial charge >= 0.3 is 0 Å². The molecule has 158 valence electrons. The van der Waals surface area contributed by atoms with Crippen molar-refractivity contribution in [2.24, 2.45) is 11.5 Å². The first-order valence-corrected chi connectivity index (χ1v) is 10.7. The summed E-state index contributed by atoms with van der Waals surface area (Å²) in [6.45, 7) is 3.13. The Labute approximate surface area is 172 Å². The van der Waals surface area contributed by atoms with Crippen molar-refractivity contribution >= 4 is 17.6 Å². The normalized spacial score (nSPS) is 21.7. The van der Waals surface area contributed by atoms with Crippen LogP contribution in [0, 0.1) is 5.41 Å². The zero-order valence-electron chi connectivity index (χ0n) is 17.3. The number of benzene rings is 1. The Morgan fingerprint density at radius 3 is 2.38 bits per heavy atom. The second-order valence-electron chi connectivity index (χ2n) is 8.37. The monoisotopic (exact) mass is 399 g/mol. The van der Waals surface area contributed by atoms with Gasteiger partial charge in [-0.05, 0) is 44.7 Å². The standard InChI is InChI=1S/C22H33N5O2/c1-15(23)21(28)27(18-6-3-2-4-7-18)22(29)19-8-5-13-26(19)14-16-9-11-17(12-10-16)20(24)25/h9-12,15,18-19H,2-8,13-14,23H2,1H3,(H3,24,25)/t15-,19-/m0/s1. The molecule has 1 saturated carbocycles. The molecule has 0 spiro atoms. The van der Waals surface area contributed by atoms with E-state index in [4.69, 9.17) is 16.9 Å². The molecule has 5 N–H and O–H groups in total. The molecule has 7 heteroatoms. The number of hydrogen-bond donors (Lipinski definition) is 3. The molecular formula is C22H33N5O2. The average Bonchev–Trinajstić information content (AvgIpc) is 3.17. The Morgan fingerprint density at radius 1 is 1.14 bits per heavy atom. The van der Waals surface area contributed by atoms with Gasteiger partial charge in [0.15, 0.2) is 0 Å². The van der Waals surface area contributed by atoms with Gasteiger partial charge in [0.2, 0.25) is 11.8 Å². The predicted octanol–water partition coefficient (Wildman–Crippen LogP) is 1.97. The van der Waals surface area contributed by atoms with E-state index in [9.17, 15) is 9.59 Å². The van der Waals surface area contributed by atoms with Crippen molar-refractivity contribution in [2.45, 2.75) is 76.5 Å². The molecule has 1 heterocycles. The highest BCUT2D eigenvalue weighted by Crippen LogP contribution is 2.28. The van der Waals surface area contributed by atoms with Crippen molar-refractivity contribution in [3.05, 3.63) is 35.4 Å². The number of amidine groups is 1. The second-order valence-corrected chi connectivity index (χ2v) is 8.37. The van der Waals surface area contributed by atoms with Crippen LogP contribution < -0.4 is 11.5 Å². The summed E-state index contributed by atoms with van der Waals surface area (Å²) in [5.41, 5.74) is 13.2. The minimum atomic E-state index is -0.671. The first kappa shape index (κ1) is 21.5. The summed E-state index contributed by atoms with van der Waals surface area (Å²) in [5.74, 6) is -0.292. The van der Waals surface area contributed by atoms with Crippen LogP contribution in [0.25, 0.3) is 0 Å². The minimum absolute atomic E-state index is 0.0212. The number of rotatable bonds is 6. The van der Waals surface area contributed by atoms with Gasteiger partial charge in [0.25, 0.3) is 0 Å². The number of imide groups is 1. The maximum atomic E-state index is 13.5. The summed E-state index contributed by atoms with van der Waals surface area (Å²) in [6.07, 6.45) is 6.73. The van der Waals surface area contributed by atoms with Crippen molar-refractivity contribution < 1.29 is 9.59 Å². The molecule has 0 unspecified atom stereocenters. The van der Waals surface area contributed by atoms with Gasteiger partial charge in [-0.25, -0.2) is 0 Å². The highest BCUT2D eigenvalue weighted by atomic mass is 16.2. The van der Waals surface area contributed by atoms with Crippen molar-refractivity contribution in [1.29, 1.82) is 5.41 Å². The Balaban J connectivity index is 1.75. The van der Waals surface area contributed by atoms with Gasteiger partial charge in [0, 0.05) is 18.2 Å². The van der Waals surface area contributed by atoms with E-state index in [2.05, 4.69) is 4.90 Å². The lowest BCUT2D eigenvalue weighted by atomic mass is 9.93. The first-order valence-electron chi connectivity index (χ1n) is 10.7. The van der Waals surface area contributed by atoms with E-state index in [1.165, 1.54) is 4.90 Å². The van der Waals surface area contributed by atoms with E-state index in [1.807, 2.05) is 24.3 Å². The molecule has 2 amide bonds. The van der Waals surface area contributed by atoms with E-state index in [1.54, 1.807) is 6.92 Å². The quantitative estimate of drug-likeness (QED) is 0.499. The zero-order chi connectivity index (χ0) is 21.0. The summed E-state index contributed by atoms with van der Waals surface area (Å²) >= 11 is 0. The Bertz CT molecular complexity index is 740. The zero-order valence-corrected chi connectivity index (χ0v) is 17.3. The number of nitrogens with zero attached hydrogens (tertiary/aromatic N) is 2. The molecule has 29 heavy (non-hydrogen) atoms. The van der Waals surface area contributed by atoms with Crippen LogP contribution in [0.3, 0.4) is 0 Å². The fourth-order valence-corrected chi connectivity index (χ4v) is 4.51. The van der Waals surface area contributed by atoms with Gasteiger partial charge in [0.1, 0.15) is 5.84 Å². The number of nitrogens with one attached hydrogen (secondary N) is 1. The molecule has 0 radical (unpaired) electrons. The van der Waals surface area contributed by atoms with E-state index in [0.29, 0.717) is 12.1 Å². The highest BCUT2D eigenvalue weighted by molar-refractivity contribution is 6.00. The Kier molecular flexibility index (Phi) is 7.03. The van der Waals surface area contributed by atoms with Gasteiger partial charge < -0.3 is 11.5 Å². The third-order valence-electron chi connectivity index (χ3n) is 6.10. The van der Waals surface area contributed by atoms with Gasteiger partial charge in [-0.15, -0.1) is 0 Å². The van der Waals surface area contributed by atoms with Crippen LogP contribution in [0.2, 0.25) is 0 Å². The predicted molar refractivity (Wildman–Crippen MR) is 113 cm³/mol. The molecule has 1 saturated heterocycles. The number of carbonyl (C=O) groups excluding carboxylic acids is 2. The maximum Gasteiger partial charge on any atom is 0.246 e.